The number of hydrogen-bond acceptors (Lipinski definition) is 5. The van der Waals surface area contributed by atoms with Crippen LogP contribution in [0.1, 0.15) is 11.3 Å². The molecule has 5 nitrogen and oxygen atoms in total. The fraction of sp³-hybridized carbons (Fsp3) is 0.412. The zero-order chi connectivity index (χ0) is 17.5. The van der Waals surface area contributed by atoms with E-state index in [-0.39, 0.29) is 0 Å². The second-order valence-corrected chi connectivity index (χ2v) is 7.34. The third-order valence-electron chi connectivity index (χ3n) is 3.50. The SMILES string of the molecule is CN=C(NCc1csc(N(C)C)n1)N(C)Cc1ccc(SC)cc1. The molecule has 7 heteroatoms. The monoisotopic (exact) mass is 363 g/mol. The van der Waals surface area contributed by atoms with Crippen molar-refractivity contribution < 1.29 is 0 Å². The number of thiazole rings is 1. The second kappa shape index (κ2) is 8.94. The largest absolute Gasteiger partial charge is 0.354 e. The van der Waals surface area contributed by atoms with Gasteiger partial charge in [-0.1, -0.05) is 12.1 Å². The molecule has 1 N–H and O–H groups in total. The lowest BCUT2D eigenvalue weighted by Gasteiger charge is -2.22. The summed E-state index contributed by atoms with van der Waals surface area (Å²) >= 11 is 3.41. The third-order valence-corrected chi connectivity index (χ3v) is 5.30. The number of aromatic nitrogens is 1. The van der Waals surface area contributed by atoms with E-state index in [2.05, 4.69) is 56.1 Å². The fourth-order valence-corrected chi connectivity index (χ4v) is 3.38. The predicted octanol–water partition coefficient (Wildman–Crippen LogP) is 3.14. The summed E-state index contributed by atoms with van der Waals surface area (Å²) < 4.78 is 0. The number of thioether (sulfide) groups is 1. The molecule has 2 aromatic rings. The Kier molecular flexibility index (Phi) is 6.93. The molecule has 1 aromatic carbocycles. The molecule has 0 aliphatic rings. The molecule has 0 atom stereocenters. The lowest BCUT2D eigenvalue weighted by Crippen LogP contribution is -2.38. The van der Waals surface area contributed by atoms with Crippen LogP contribution in [0.4, 0.5) is 5.13 Å². The molecule has 1 heterocycles. The molecule has 0 saturated heterocycles. The molecule has 24 heavy (non-hydrogen) atoms. The van der Waals surface area contributed by atoms with E-state index < -0.39 is 0 Å². The fourth-order valence-electron chi connectivity index (χ4n) is 2.22. The molecule has 0 aliphatic heterocycles. The van der Waals surface area contributed by atoms with Gasteiger partial charge in [-0.2, -0.15) is 0 Å². The number of anilines is 1. The lowest BCUT2D eigenvalue weighted by molar-refractivity contribution is 0.476. The summed E-state index contributed by atoms with van der Waals surface area (Å²) in [6.45, 7) is 1.49. The number of benzene rings is 1. The van der Waals surface area contributed by atoms with Crippen molar-refractivity contribution in [2.45, 2.75) is 18.0 Å². The molecule has 0 radical (unpaired) electrons. The highest BCUT2D eigenvalue weighted by Gasteiger charge is 2.09. The molecule has 0 unspecified atom stereocenters. The number of rotatable bonds is 6. The summed E-state index contributed by atoms with van der Waals surface area (Å²) in [5.74, 6) is 0.864. The summed E-state index contributed by atoms with van der Waals surface area (Å²) in [5.41, 5.74) is 2.30. The van der Waals surface area contributed by atoms with Crippen LogP contribution in [0.15, 0.2) is 39.5 Å². The Morgan fingerprint density at radius 3 is 2.50 bits per heavy atom. The second-order valence-electron chi connectivity index (χ2n) is 5.62. The zero-order valence-corrected chi connectivity index (χ0v) is 16.5. The van der Waals surface area contributed by atoms with Crippen LogP contribution < -0.4 is 10.2 Å². The van der Waals surface area contributed by atoms with Crippen LogP contribution in [-0.4, -0.2) is 50.3 Å². The Bertz CT molecular complexity index is 664. The van der Waals surface area contributed by atoms with E-state index in [1.54, 1.807) is 23.1 Å². The van der Waals surface area contributed by atoms with Crippen molar-refractivity contribution in [3.8, 4) is 0 Å². The number of nitrogens with zero attached hydrogens (tertiary/aromatic N) is 4. The van der Waals surface area contributed by atoms with Crippen molar-refractivity contribution >= 4 is 34.2 Å². The first-order valence-corrected chi connectivity index (χ1v) is 9.80. The Hall–Kier alpha value is -1.73. The Morgan fingerprint density at radius 1 is 1.25 bits per heavy atom. The molecular weight excluding hydrogens is 338 g/mol. The van der Waals surface area contributed by atoms with E-state index in [9.17, 15) is 0 Å². The molecule has 0 saturated carbocycles. The van der Waals surface area contributed by atoms with Gasteiger partial charge in [-0.05, 0) is 24.0 Å². The highest BCUT2D eigenvalue weighted by molar-refractivity contribution is 7.98. The minimum atomic E-state index is 0.673. The molecule has 0 amide bonds. The Morgan fingerprint density at radius 2 is 1.96 bits per heavy atom. The van der Waals surface area contributed by atoms with Crippen LogP contribution in [-0.2, 0) is 13.1 Å². The van der Waals surface area contributed by atoms with Crippen molar-refractivity contribution in [2.75, 3.05) is 39.3 Å². The predicted molar refractivity (Wildman–Crippen MR) is 106 cm³/mol. The van der Waals surface area contributed by atoms with Gasteiger partial charge in [0, 0.05) is 45.0 Å². The third kappa shape index (κ3) is 5.14. The first kappa shape index (κ1) is 18.6. The number of hydrogen-bond donors (Lipinski definition) is 1. The molecule has 2 rings (SSSR count). The van der Waals surface area contributed by atoms with Crippen molar-refractivity contribution in [1.29, 1.82) is 0 Å². The van der Waals surface area contributed by atoms with Crippen LogP contribution in [0, 0.1) is 0 Å². The van der Waals surface area contributed by atoms with Gasteiger partial charge in [0.05, 0.1) is 12.2 Å². The van der Waals surface area contributed by atoms with E-state index in [0.29, 0.717) is 6.54 Å². The van der Waals surface area contributed by atoms with Crippen molar-refractivity contribution in [1.82, 2.24) is 15.2 Å². The topological polar surface area (TPSA) is 43.8 Å². The van der Waals surface area contributed by atoms with E-state index in [1.165, 1.54) is 10.5 Å². The van der Waals surface area contributed by atoms with E-state index in [4.69, 9.17) is 0 Å². The van der Waals surface area contributed by atoms with Crippen LogP contribution in [0.3, 0.4) is 0 Å². The van der Waals surface area contributed by atoms with Gasteiger partial charge in [-0.3, -0.25) is 4.99 Å². The van der Waals surface area contributed by atoms with Crippen LogP contribution in [0.25, 0.3) is 0 Å². The summed E-state index contributed by atoms with van der Waals surface area (Å²) in [7, 11) is 7.86. The highest BCUT2D eigenvalue weighted by Crippen LogP contribution is 2.18. The molecule has 130 valence electrons. The van der Waals surface area contributed by atoms with Crippen molar-refractivity contribution in [2.24, 2.45) is 4.99 Å². The van der Waals surface area contributed by atoms with Gasteiger partial charge in [0.25, 0.3) is 0 Å². The molecule has 0 aliphatic carbocycles. The molecule has 0 bridgehead atoms. The maximum absolute atomic E-state index is 4.58. The van der Waals surface area contributed by atoms with Gasteiger partial charge < -0.3 is 15.1 Å². The smallest absolute Gasteiger partial charge is 0.194 e. The minimum absolute atomic E-state index is 0.673. The lowest BCUT2D eigenvalue weighted by atomic mass is 10.2. The average Bonchev–Trinajstić information content (AvgIpc) is 3.05. The summed E-state index contributed by atoms with van der Waals surface area (Å²) in [6.07, 6.45) is 2.09. The summed E-state index contributed by atoms with van der Waals surface area (Å²) in [6, 6.07) is 8.64. The van der Waals surface area contributed by atoms with Crippen LogP contribution >= 0.6 is 23.1 Å². The van der Waals surface area contributed by atoms with Gasteiger partial charge in [-0.25, -0.2) is 4.98 Å². The maximum atomic E-state index is 4.58. The number of aliphatic imine (C=N–C) groups is 1. The number of guanidine groups is 1. The van der Waals surface area contributed by atoms with Crippen LogP contribution in [0.2, 0.25) is 0 Å². The van der Waals surface area contributed by atoms with E-state index in [1.807, 2.05) is 33.1 Å². The number of nitrogens with one attached hydrogen (secondary N) is 1. The molecular formula is C17H25N5S2. The zero-order valence-electron chi connectivity index (χ0n) is 14.9. The summed E-state index contributed by atoms with van der Waals surface area (Å²) in [4.78, 5) is 14.4. The standard InChI is InChI=1S/C17H25N5S2/c1-18-16(19-10-14-12-24-17(20-14)21(2)3)22(4)11-13-6-8-15(23-5)9-7-13/h6-9,12H,10-11H2,1-5H3,(H,18,19). The first-order chi connectivity index (χ1) is 11.5. The van der Waals surface area contributed by atoms with Crippen LogP contribution in [0.5, 0.6) is 0 Å². The van der Waals surface area contributed by atoms with Gasteiger partial charge in [0.15, 0.2) is 11.1 Å². The normalized spacial score (nSPS) is 11.5. The Balaban J connectivity index is 1.91. The van der Waals surface area contributed by atoms with Crippen molar-refractivity contribution in [3.63, 3.8) is 0 Å². The van der Waals surface area contributed by atoms with Crippen molar-refractivity contribution in [3.05, 3.63) is 40.9 Å². The minimum Gasteiger partial charge on any atom is -0.354 e. The molecule has 1 aromatic heterocycles. The van der Waals surface area contributed by atoms with Gasteiger partial charge in [-0.15, -0.1) is 23.1 Å². The Labute approximate surface area is 152 Å². The first-order valence-electron chi connectivity index (χ1n) is 7.70. The highest BCUT2D eigenvalue weighted by atomic mass is 32.2. The molecule has 0 fully saturated rings. The van der Waals surface area contributed by atoms with Gasteiger partial charge >= 0.3 is 0 Å². The molecule has 0 spiro atoms. The summed E-state index contributed by atoms with van der Waals surface area (Å²) in [5, 5.41) is 6.48. The van der Waals surface area contributed by atoms with Gasteiger partial charge in [0.1, 0.15) is 0 Å². The maximum Gasteiger partial charge on any atom is 0.194 e. The average molecular weight is 364 g/mol. The van der Waals surface area contributed by atoms with E-state index >= 15 is 0 Å². The van der Waals surface area contributed by atoms with E-state index in [0.717, 1.165) is 23.3 Å². The van der Waals surface area contributed by atoms with Gasteiger partial charge in [0.2, 0.25) is 0 Å². The quantitative estimate of drug-likeness (QED) is 0.485.